The minimum atomic E-state index is -0.290. The molecule has 0 aliphatic heterocycles. The quantitative estimate of drug-likeness (QED) is 0.847. The Kier molecular flexibility index (Phi) is 4.91. The van der Waals surface area contributed by atoms with Crippen LogP contribution in [0.5, 0.6) is 0 Å². The highest BCUT2D eigenvalue weighted by molar-refractivity contribution is 5.25. The predicted molar refractivity (Wildman–Crippen MR) is 90.9 cm³/mol. The van der Waals surface area contributed by atoms with Crippen molar-refractivity contribution in [3.05, 3.63) is 71.8 Å². The van der Waals surface area contributed by atoms with Gasteiger partial charge in [-0.15, -0.1) is 0 Å². The van der Waals surface area contributed by atoms with Crippen molar-refractivity contribution in [3.8, 4) is 0 Å². The molecule has 0 radical (unpaired) electrons. The third-order valence-electron chi connectivity index (χ3n) is 4.53. The predicted octanol–water partition coefficient (Wildman–Crippen LogP) is 3.33. The SMILES string of the molecule is CN(CC(O)Cc1ccccc1)C[C@@H]1C[C@H]1c1ccccc1. The van der Waals surface area contributed by atoms with E-state index in [1.807, 2.05) is 18.2 Å². The van der Waals surface area contributed by atoms with Gasteiger partial charge in [0.1, 0.15) is 0 Å². The maximum absolute atomic E-state index is 10.2. The number of nitrogens with zero attached hydrogens (tertiary/aromatic N) is 1. The topological polar surface area (TPSA) is 23.5 Å². The lowest BCUT2D eigenvalue weighted by molar-refractivity contribution is 0.123. The van der Waals surface area contributed by atoms with Crippen LogP contribution in [0.15, 0.2) is 60.7 Å². The molecule has 2 heteroatoms. The van der Waals surface area contributed by atoms with Crippen LogP contribution >= 0.6 is 0 Å². The van der Waals surface area contributed by atoms with E-state index >= 15 is 0 Å². The number of hydrogen-bond acceptors (Lipinski definition) is 2. The average Bonchev–Trinajstić information content (AvgIpc) is 3.28. The molecule has 0 heterocycles. The zero-order chi connectivity index (χ0) is 15.4. The minimum absolute atomic E-state index is 0.290. The maximum atomic E-state index is 10.2. The lowest BCUT2D eigenvalue weighted by atomic mass is 10.1. The number of aliphatic hydroxyl groups excluding tert-OH is 1. The van der Waals surface area contributed by atoms with Gasteiger partial charge in [0.15, 0.2) is 0 Å². The standard InChI is InChI=1S/C20H25NO/c1-21(15-19(22)12-16-8-4-2-5-9-16)14-18-13-20(18)17-10-6-3-7-11-17/h2-11,18-20,22H,12-15H2,1H3/t18-,19?,20-/m0/s1. The lowest BCUT2D eigenvalue weighted by Gasteiger charge is -2.20. The fourth-order valence-corrected chi connectivity index (χ4v) is 3.34. The van der Waals surface area contributed by atoms with Gasteiger partial charge in [0, 0.05) is 13.1 Å². The molecule has 1 unspecified atom stereocenters. The summed E-state index contributed by atoms with van der Waals surface area (Å²) in [6, 6.07) is 21.0. The summed E-state index contributed by atoms with van der Waals surface area (Å²) in [5, 5.41) is 10.2. The second-order valence-corrected chi connectivity index (χ2v) is 6.58. The van der Waals surface area contributed by atoms with E-state index in [0.29, 0.717) is 0 Å². The van der Waals surface area contributed by atoms with Crippen LogP contribution < -0.4 is 0 Å². The van der Waals surface area contributed by atoms with Crippen molar-refractivity contribution in [3.63, 3.8) is 0 Å². The average molecular weight is 295 g/mol. The first-order valence-corrected chi connectivity index (χ1v) is 8.18. The van der Waals surface area contributed by atoms with Crippen molar-refractivity contribution in [2.75, 3.05) is 20.1 Å². The van der Waals surface area contributed by atoms with E-state index < -0.39 is 0 Å². The molecule has 1 aliphatic rings. The van der Waals surface area contributed by atoms with Gasteiger partial charge in [-0.05, 0) is 42.9 Å². The molecule has 1 saturated carbocycles. The van der Waals surface area contributed by atoms with Crippen LogP contribution in [0.3, 0.4) is 0 Å². The third-order valence-corrected chi connectivity index (χ3v) is 4.53. The summed E-state index contributed by atoms with van der Waals surface area (Å²) in [5.74, 6) is 1.46. The number of likely N-dealkylation sites (N-methyl/N-ethyl adjacent to an activating group) is 1. The molecule has 1 N–H and O–H groups in total. The summed E-state index contributed by atoms with van der Waals surface area (Å²) < 4.78 is 0. The molecule has 2 aromatic carbocycles. The second-order valence-electron chi connectivity index (χ2n) is 6.58. The lowest BCUT2D eigenvalue weighted by Crippen LogP contribution is -2.32. The molecular formula is C20H25NO. The summed E-state index contributed by atoms with van der Waals surface area (Å²) in [6.07, 6.45) is 1.72. The molecule has 3 rings (SSSR count). The highest BCUT2D eigenvalue weighted by Crippen LogP contribution is 2.47. The van der Waals surface area contributed by atoms with E-state index in [0.717, 1.165) is 31.3 Å². The molecule has 1 aliphatic carbocycles. The Morgan fingerprint density at radius 3 is 2.36 bits per heavy atom. The van der Waals surface area contributed by atoms with Gasteiger partial charge in [0.25, 0.3) is 0 Å². The summed E-state index contributed by atoms with van der Waals surface area (Å²) in [5.41, 5.74) is 2.67. The summed E-state index contributed by atoms with van der Waals surface area (Å²) in [7, 11) is 2.12. The van der Waals surface area contributed by atoms with Gasteiger partial charge < -0.3 is 10.0 Å². The smallest absolute Gasteiger partial charge is 0.0707 e. The fourth-order valence-electron chi connectivity index (χ4n) is 3.34. The molecule has 0 amide bonds. The van der Waals surface area contributed by atoms with Gasteiger partial charge in [-0.2, -0.15) is 0 Å². The molecule has 0 aromatic heterocycles. The Hall–Kier alpha value is -1.64. The number of rotatable bonds is 7. The Labute approximate surface area is 133 Å². The summed E-state index contributed by atoms with van der Waals surface area (Å²) in [6.45, 7) is 1.82. The van der Waals surface area contributed by atoms with Crippen LogP contribution in [-0.4, -0.2) is 36.2 Å². The molecule has 0 saturated heterocycles. The molecule has 1 fully saturated rings. The van der Waals surface area contributed by atoms with E-state index in [4.69, 9.17) is 0 Å². The molecule has 2 aromatic rings. The monoisotopic (exact) mass is 295 g/mol. The molecule has 116 valence electrons. The van der Waals surface area contributed by atoms with Gasteiger partial charge in [-0.25, -0.2) is 0 Å². The van der Waals surface area contributed by atoms with Crippen molar-refractivity contribution < 1.29 is 5.11 Å². The van der Waals surface area contributed by atoms with Crippen LogP contribution in [-0.2, 0) is 6.42 Å². The molecule has 0 spiro atoms. The van der Waals surface area contributed by atoms with Crippen LogP contribution in [0.1, 0.15) is 23.5 Å². The van der Waals surface area contributed by atoms with Gasteiger partial charge >= 0.3 is 0 Å². The van der Waals surface area contributed by atoms with E-state index in [9.17, 15) is 5.11 Å². The Bertz CT molecular complexity index is 565. The van der Waals surface area contributed by atoms with E-state index in [1.54, 1.807) is 0 Å². The molecular weight excluding hydrogens is 270 g/mol. The maximum Gasteiger partial charge on any atom is 0.0707 e. The minimum Gasteiger partial charge on any atom is -0.391 e. The van der Waals surface area contributed by atoms with Crippen molar-refractivity contribution >= 4 is 0 Å². The van der Waals surface area contributed by atoms with Gasteiger partial charge in [0.2, 0.25) is 0 Å². The number of aliphatic hydroxyl groups is 1. The van der Waals surface area contributed by atoms with Crippen molar-refractivity contribution in [1.82, 2.24) is 4.90 Å². The Balaban J connectivity index is 1.43. The first kappa shape index (κ1) is 15.3. The highest BCUT2D eigenvalue weighted by Gasteiger charge is 2.38. The molecule has 2 nitrogen and oxygen atoms in total. The van der Waals surface area contributed by atoms with Crippen LogP contribution in [0, 0.1) is 5.92 Å². The zero-order valence-electron chi connectivity index (χ0n) is 13.2. The second kappa shape index (κ2) is 7.08. The zero-order valence-corrected chi connectivity index (χ0v) is 13.2. The van der Waals surface area contributed by atoms with E-state index in [-0.39, 0.29) is 6.10 Å². The van der Waals surface area contributed by atoms with E-state index in [2.05, 4.69) is 54.4 Å². The van der Waals surface area contributed by atoms with Crippen molar-refractivity contribution in [1.29, 1.82) is 0 Å². The normalized spacial score (nSPS) is 21.8. The van der Waals surface area contributed by atoms with Crippen LogP contribution in [0.25, 0.3) is 0 Å². The van der Waals surface area contributed by atoms with Gasteiger partial charge in [0.05, 0.1) is 6.10 Å². The van der Waals surface area contributed by atoms with Crippen LogP contribution in [0.2, 0.25) is 0 Å². The molecule has 0 bridgehead atoms. The van der Waals surface area contributed by atoms with Crippen LogP contribution in [0.4, 0.5) is 0 Å². The largest absolute Gasteiger partial charge is 0.391 e. The molecule has 22 heavy (non-hydrogen) atoms. The fraction of sp³-hybridized carbons (Fsp3) is 0.400. The highest BCUT2D eigenvalue weighted by atomic mass is 16.3. The third kappa shape index (κ3) is 4.19. The Morgan fingerprint density at radius 2 is 1.68 bits per heavy atom. The Morgan fingerprint density at radius 1 is 1.05 bits per heavy atom. The number of hydrogen-bond donors (Lipinski definition) is 1. The first-order chi connectivity index (χ1) is 10.7. The summed E-state index contributed by atoms with van der Waals surface area (Å²) >= 11 is 0. The molecule has 3 atom stereocenters. The summed E-state index contributed by atoms with van der Waals surface area (Å²) in [4.78, 5) is 2.28. The van der Waals surface area contributed by atoms with Gasteiger partial charge in [-0.1, -0.05) is 60.7 Å². The first-order valence-electron chi connectivity index (χ1n) is 8.18. The number of benzene rings is 2. The van der Waals surface area contributed by atoms with Crippen molar-refractivity contribution in [2.45, 2.75) is 24.9 Å². The van der Waals surface area contributed by atoms with E-state index in [1.165, 1.54) is 17.5 Å². The van der Waals surface area contributed by atoms with Crippen molar-refractivity contribution in [2.24, 2.45) is 5.92 Å². The van der Waals surface area contributed by atoms with Gasteiger partial charge in [-0.3, -0.25) is 0 Å².